The maximum atomic E-state index is 12.9. The zero-order valence-corrected chi connectivity index (χ0v) is 18.1. The number of nitrogens with one attached hydrogen (secondary N) is 1. The van der Waals surface area contributed by atoms with E-state index in [-0.39, 0.29) is 17.4 Å². The third-order valence-corrected chi connectivity index (χ3v) is 6.22. The molecule has 3 aromatic rings. The Balaban J connectivity index is 1.61. The SMILES string of the molecule is CCOc1ccc(S(=O)(=O)N(C)c2ccc(OCC(=O)Nc3ccccc3)cc2)cc1. The Morgan fingerprint density at radius 3 is 2.06 bits per heavy atom. The number of carbonyl (C=O) groups is 1. The molecule has 1 amide bonds. The lowest BCUT2D eigenvalue weighted by Crippen LogP contribution is -2.26. The van der Waals surface area contributed by atoms with Gasteiger partial charge in [-0.05, 0) is 67.6 Å². The highest BCUT2D eigenvalue weighted by Crippen LogP contribution is 2.25. The second-order valence-electron chi connectivity index (χ2n) is 6.57. The van der Waals surface area contributed by atoms with Crippen LogP contribution in [0.25, 0.3) is 0 Å². The molecule has 0 bridgehead atoms. The number of para-hydroxylation sites is 1. The van der Waals surface area contributed by atoms with Gasteiger partial charge in [0.05, 0.1) is 17.2 Å². The van der Waals surface area contributed by atoms with Crippen molar-refractivity contribution in [1.82, 2.24) is 0 Å². The topological polar surface area (TPSA) is 84.9 Å². The van der Waals surface area contributed by atoms with Gasteiger partial charge in [-0.25, -0.2) is 8.42 Å². The van der Waals surface area contributed by atoms with Crippen molar-refractivity contribution in [2.24, 2.45) is 0 Å². The summed E-state index contributed by atoms with van der Waals surface area (Å²) in [7, 11) is -2.24. The quantitative estimate of drug-likeness (QED) is 0.545. The summed E-state index contributed by atoms with van der Waals surface area (Å²) < 4.78 is 37.8. The van der Waals surface area contributed by atoms with Crippen LogP contribution in [-0.4, -0.2) is 34.6 Å². The molecule has 0 heterocycles. The molecule has 0 aliphatic heterocycles. The van der Waals surface area contributed by atoms with E-state index in [1.54, 1.807) is 48.5 Å². The first-order chi connectivity index (χ1) is 14.9. The Morgan fingerprint density at radius 1 is 0.871 bits per heavy atom. The molecular formula is C23H24N2O5S. The van der Waals surface area contributed by atoms with Crippen LogP contribution in [0.4, 0.5) is 11.4 Å². The maximum Gasteiger partial charge on any atom is 0.264 e. The van der Waals surface area contributed by atoms with Crippen LogP contribution >= 0.6 is 0 Å². The van der Waals surface area contributed by atoms with Gasteiger partial charge in [-0.2, -0.15) is 0 Å². The largest absolute Gasteiger partial charge is 0.494 e. The van der Waals surface area contributed by atoms with E-state index in [1.807, 2.05) is 25.1 Å². The summed E-state index contributed by atoms with van der Waals surface area (Å²) in [6.45, 7) is 2.21. The molecule has 0 unspecified atom stereocenters. The lowest BCUT2D eigenvalue weighted by atomic mass is 10.3. The molecule has 0 saturated heterocycles. The minimum absolute atomic E-state index is 0.158. The summed E-state index contributed by atoms with van der Waals surface area (Å²) in [5.74, 6) is 0.784. The van der Waals surface area contributed by atoms with Gasteiger partial charge in [-0.1, -0.05) is 18.2 Å². The van der Waals surface area contributed by atoms with Gasteiger partial charge in [0, 0.05) is 12.7 Å². The van der Waals surface area contributed by atoms with Crippen molar-refractivity contribution >= 4 is 27.3 Å². The lowest BCUT2D eigenvalue weighted by molar-refractivity contribution is -0.118. The number of benzene rings is 3. The summed E-state index contributed by atoms with van der Waals surface area (Å²) in [4.78, 5) is 12.1. The molecule has 0 aliphatic rings. The smallest absolute Gasteiger partial charge is 0.264 e. The van der Waals surface area contributed by atoms with Gasteiger partial charge in [0.25, 0.3) is 15.9 Å². The zero-order chi connectivity index (χ0) is 22.3. The van der Waals surface area contributed by atoms with Crippen LogP contribution in [0.5, 0.6) is 11.5 Å². The highest BCUT2D eigenvalue weighted by atomic mass is 32.2. The van der Waals surface area contributed by atoms with E-state index >= 15 is 0 Å². The number of carbonyl (C=O) groups excluding carboxylic acids is 1. The summed E-state index contributed by atoms with van der Waals surface area (Å²) >= 11 is 0. The van der Waals surface area contributed by atoms with Gasteiger partial charge in [0.1, 0.15) is 11.5 Å². The molecule has 1 N–H and O–H groups in total. The number of amides is 1. The Hall–Kier alpha value is -3.52. The summed E-state index contributed by atoms with van der Waals surface area (Å²) in [6, 6.07) is 21.8. The molecule has 0 atom stereocenters. The zero-order valence-electron chi connectivity index (χ0n) is 17.3. The first kappa shape index (κ1) is 22.2. The van der Waals surface area contributed by atoms with Crippen molar-refractivity contribution in [3.05, 3.63) is 78.9 Å². The monoisotopic (exact) mass is 440 g/mol. The molecule has 162 valence electrons. The molecule has 31 heavy (non-hydrogen) atoms. The average Bonchev–Trinajstić information content (AvgIpc) is 2.79. The maximum absolute atomic E-state index is 12.9. The van der Waals surface area contributed by atoms with Crippen molar-refractivity contribution in [1.29, 1.82) is 0 Å². The van der Waals surface area contributed by atoms with Crippen LogP contribution in [0.3, 0.4) is 0 Å². The fourth-order valence-electron chi connectivity index (χ4n) is 2.79. The Kier molecular flexibility index (Phi) is 7.15. The number of rotatable bonds is 9. The number of ether oxygens (including phenoxy) is 2. The Bertz CT molecular complexity index is 1100. The van der Waals surface area contributed by atoms with E-state index in [0.29, 0.717) is 29.5 Å². The minimum Gasteiger partial charge on any atom is -0.494 e. The van der Waals surface area contributed by atoms with E-state index < -0.39 is 10.0 Å². The first-order valence-electron chi connectivity index (χ1n) is 9.69. The van der Waals surface area contributed by atoms with Gasteiger partial charge >= 0.3 is 0 Å². The summed E-state index contributed by atoms with van der Waals surface area (Å²) in [5.41, 5.74) is 1.16. The molecular weight excluding hydrogens is 416 g/mol. The molecule has 0 radical (unpaired) electrons. The molecule has 8 heteroatoms. The van der Waals surface area contributed by atoms with Crippen molar-refractivity contribution in [2.75, 3.05) is 29.9 Å². The standard InChI is InChI=1S/C23H24N2O5S/c1-3-29-20-13-15-22(16-14-20)31(27,28)25(2)19-9-11-21(12-10-19)30-17-23(26)24-18-7-5-4-6-8-18/h4-16H,3,17H2,1-2H3,(H,24,26). The first-order valence-corrected chi connectivity index (χ1v) is 11.1. The summed E-state index contributed by atoms with van der Waals surface area (Å²) in [5, 5.41) is 2.73. The predicted octanol–water partition coefficient (Wildman–Crippen LogP) is 3.93. The predicted molar refractivity (Wildman–Crippen MR) is 120 cm³/mol. The van der Waals surface area contributed by atoms with Gasteiger partial charge in [-0.3, -0.25) is 9.10 Å². The molecule has 0 aromatic heterocycles. The van der Waals surface area contributed by atoms with Gasteiger partial charge in [0.15, 0.2) is 6.61 Å². The van der Waals surface area contributed by atoms with Crippen LogP contribution in [0.1, 0.15) is 6.92 Å². The van der Waals surface area contributed by atoms with E-state index in [2.05, 4.69) is 5.32 Å². The second-order valence-corrected chi connectivity index (χ2v) is 8.54. The van der Waals surface area contributed by atoms with Crippen molar-refractivity contribution in [3.63, 3.8) is 0 Å². The third-order valence-electron chi connectivity index (χ3n) is 4.42. The number of hydrogen-bond donors (Lipinski definition) is 1. The van der Waals surface area contributed by atoms with E-state index in [9.17, 15) is 13.2 Å². The van der Waals surface area contributed by atoms with E-state index in [0.717, 1.165) is 0 Å². The van der Waals surface area contributed by atoms with Crippen LogP contribution in [0.15, 0.2) is 83.8 Å². The normalized spacial score (nSPS) is 10.9. The number of hydrogen-bond acceptors (Lipinski definition) is 5. The van der Waals surface area contributed by atoms with Crippen LogP contribution in [0, 0.1) is 0 Å². The molecule has 0 saturated carbocycles. The molecule has 0 fully saturated rings. The van der Waals surface area contributed by atoms with Crippen LogP contribution in [-0.2, 0) is 14.8 Å². The average molecular weight is 441 g/mol. The van der Waals surface area contributed by atoms with Gasteiger partial charge in [0.2, 0.25) is 0 Å². The molecule has 0 spiro atoms. The molecule has 3 rings (SSSR count). The minimum atomic E-state index is -3.72. The van der Waals surface area contributed by atoms with Crippen molar-refractivity contribution < 1.29 is 22.7 Å². The van der Waals surface area contributed by atoms with Gasteiger partial charge < -0.3 is 14.8 Å². The lowest BCUT2D eigenvalue weighted by Gasteiger charge is -2.20. The van der Waals surface area contributed by atoms with Gasteiger partial charge in [-0.15, -0.1) is 0 Å². The fourth-order valence-corrected chi connectivity index (χ4v) is 3.99. The molecule has 3 aromatic carbocycles. The second kappa shape index (κ2) is 9.99. The fraction of sp³-hybridized carbons (Fsp3) is 0.174. The van der Waals surface area contributed by atoms with E-state index in [4.69, 9.17) is 9.47 Å². The highest BCUT2D eigenvalue weighted by molar-refractivity contribution is 7.92. The third kappa shape index (κ3) is 5.76. The highest BCUT2D eigenvalue weighted by Gasteiger charge is 2.21. The number of nitrogens with zero attached hydrogens (tertiary/aromatic N) is 1. The van der Waals surface area contributed by atoms with Crippen molar-refractivity contribution in [3.8, 4) is 11.5 Å². The Morgan fingerprint density at radius 2 is 1.45 bits per heavy atom. The van der Waals surface area contributed by atoms with Crippen LogP contribution < -0.4 is 19.1 Å². The van der Waals surface area contributed by atoms with Crippen LogP contribution in [0.2, 0.25) is 0 Å². The van der Waals surface area contributed by atoms with Crippen molar-refractivity contribution in [2.45, 2.75) is 11.8 Å². The van der Waals surface area contributed by atoms with E-state index in [1.165, 1.54) is 23.5 Å². The molecule has 7 nitrogen and oxygen atoms in total. The Labute approximate surface area is 182 Å². The number of anilines is 2. The molecule has 0 aliphatic carbocycles. The number of sulfonamides is 1. The summed E-state index contributed by atoms with van der Waals surface area (Å²) in [6.07, 6.45) is 0.